The van der Waals surface area contributed by atoms with E-state index in [0.717, 1.165) is 39.7 Å². The number of rotatable bonds is 3. The molecule has 4 aromatic rings. The second kappa shape index (κ2) is 7.27. The lowest BCUT2D eigenvalue weighted by atomic mass is 10.2. The minimum atomic E-state index is 0.747. The molecule has 0 fully saturated rings. The fourth-order valence-electron chi connectivity index (χ4n) is 2.88. The van der Waals surface area contributed by atoms with Crippen LogP contribution in [0.1, 0.15) is 11.3 Å². The third-order valence-corrected chi connectivity index (χ3v) is 4.31. The maximum atomic E-state index is 5.24. The average Bonchev–Trinajstić information content (AvgIpc) is 3.11. The molecule has 0 aliphatic heterocycles. The fraction of sp³-hybridized carbons (Fsp3) is 0.0870. The molecule has 0 saturated carbocycles. The molecule has 0 amide bonds. The molecule has 0 aliphatic rings. The summed E-state index contributed by atoms with van der Waals surface area (Å²) in [5.74, 6) is 8.88. The van der Waals surface area contributed by atoms with Gasteiger partial charge in [-0.2, -0.15) is 0 Å². The summed E-state index contributed by atoms with van der Waals surface area (Å²) in [6.45, 7) is 0. The van der Waals surface area contributed by atoms with Crippen LogP contribution in [0.15, 0.2) is 72.9 Å². The largest absolute Gasteiger partial charge is 0.497 e. The van der Waals surface area contributed by atoms with E-state index in [4.69, 9.17) is 14.5 Å². The van der Waals surface area contributed by atoms with Gasteiger partial charge in [0.15, 0.2) is 0 Å². The van der Waals surface area contributed by atoms with Crippen molar-refractivity contribution in [2.75, 3.05) is 14.2 Å². The summed E-state index contributed by atoms with van der Waals surface area (Å²) in [7, 11) is 3.31. The van der Waals surface area contributed by atoms with Crippen LogP contribution in [-0.2, 0) is 0 Å². The Balaban J connectivity index is 1.76. The molecule has 0 N–H and O–H groups in total. The van der Waals surface area contributed by atoms with Crippen LogP contribution in [-0.4, -0.2) is 23.6 Å². The number of ether oxygens (including phenoxy) is 2. The van der Waals surface area contributed by atoms with E-state index in [-0.39, 0.29) is 0 Å². The molecule has 0 radical (unpaired) electrons. The zero-order chi connectivity index (χ0) is 18.6. The third-order valence-electron chi connectivity index (χ3n) is 4.31. The van der Waals surface area contributed by atoms with Gasteiger partial charge in [0.1, 0.15) is 23.0 Å². The van der Waals surface area contributed by atoms with Gasteiger partial charge in [-0.1, -0.05) is 12.0 Å². The van der Waals surface area contributed by atoms with Gasteiger partial charge in [-0.05, 0) is 66.6 Å². The van der Waals surface area contributed by atoms with Crippen LogP contribution in [0.25, 0.3) is 16.9 Å². The number of fused-ring (bicyclic) bond motifs is 1. The summed E-state index contributed by atoms with van der Waals surface area (Å²) in [6.07, 6.45) is 2.00. The van der Waals surface area contributed by atoms with Crippen molar-refractivity contribution in [2.45, 2.75) is 0 Å². The lowest BCUT2D eigenvalue weighted by molar-refractivity contribution is 0.414. The number of aromatic nitrogens is 2. The Labute approximate surface area is 158 Å². The molecule has 0 atom stereocenters. The molecule has 4 heteroatoms. The van der Waals surface area contributed by atoms with Crippen molar-refractivity contribution in [1.82, 2.24) is 9.38 Å². The zero-order valence-electron chi connectivity index (χ0n) is 15.1. The lowest BCUT2D eigenvalue weighted by Crippen LogP contribution is -1.89. The van der Waals surface area contributed by atoms with E-state index < -0.39 is 0 Å². The summed E-state index contributed by atoms with van der Waals surface area (Å²) < 4.78 is 12.5. The summed E-state index contributed by atoms with van der Waals surface area (Å²) >= 11 is 0. The van der Waals surface area contributed by atoms with Crippen LogP contribution in [0.4, 0.5) is 0 Å². The SMILES string of the molecule is COc1ccc(C#Cc2nc(-c3ccc(OC)cc3)n3ccccc23)cc1. The van der Waals surface area contributed by atoms with E-state index in [2.05, 4.69) is 16.2 Å². The van der Waals surface area contributed by atoms with Crippen LogP contribution in [0, 0.1) is 11.8 Å². The van der Waals surface area contributed by atoms with Gasteiger partial charge in [0.2, 0.25) is 0 Å². The second-order valence-electron chi connectivity index (χ2n) is 5.95. The normalized spacial score (nSPS) is 10.3. The molecule has 2 aromatic heterocycles. The number of imidazole rings is 1. The monoisotopic (exact) mass is 354 g/mol. The van der Waals surface area contributed by atoms with Crippen molar-refractivity contribution in [3.05, 3.63) is 84.2 Å². The first-order valence-electron chi connectivity index (χ1n) is 8.56. The highest BCUT2D eigenvalue weighted by Crippen LogP contribution is 2.24. The molecule has 0 unspecified atom stereocenters. The van der Waals surface area contributed by atoms with E-state index in [1.807, 2.05) is 72.9 Å². The Morgan fingerprint density at radius 2 is 1.44 bits per heavy atom. The molecular formula is C23H18N2O2. The van der Waals surface area contributed by atoms with Crippen molar-refractivity contribution < 1.29 is 9.47 Å². The molecule has 0 bridgehead atoms. The van der Waals surface area contributed by atoms with Crippen LogP contribution in [0.3, 0.4) is 0 Å². The molecule has 27 heavy (non-hydrogen) atoms. The van der Waals surface area contributed by atoms with Gasteiger partial charge < -0.3 is 9.47 Å². The topological polar surface area (TPSA) is 35.8 Å². The minimum Gasteiger partial charge on any atom is -0.497 e. The molecule has 0 aliphatic carbocycles. The maximum absolute atomic E-state index is 5.24. The molecule has 0 saturated heterocycles. The molecule has 2 aromatic carbocycles. The molecule has 4 rings (SSSR count). The number of hydrogen-bond acceptors (Lipinski definition) is 3. The second-order valence-corrected chi connectivity index (χ2v) is 5.95. The molecule has 0 spiro atoms. The Morgan fingerprint density at radius 3 is 2.11 bits per heavy atom. The molecule has 4 nitrogen and oxygen atoms in total. The van der Waals surface area contributed by atoms with Crippen molar-refractivity contribution >= 4 is 5.52 Å². The Morgan fingerprint density at radius 1 is 0.778 bits per heavy atom. The quantitative estimate of drug-likeness (QED) is 0.511. The average molecular weight is 354 g/mol. The van der Waals surface area contributed by atoms with Crippen LogP contribution >= 0.6 is 0 Å². The number of pyridine rings is 1. The van der Waals surface area contributed by atoms with Gasteiger partial charge in [0.25, 0.3) is 0 Å². The standard InChI is InChI=1S/C23H18N2O2/c1-26-19-11-6-17(7-12-19)8-15-21-22-5-3-4-16-25(22)23(24-21)18-9-13-20(27-2)14-10-18/h3-7,9-14,16H,1-2H3. The summed E-state index contributed by atoms with van der Waals surface area (Å²) in [6, 6.07) is 21.6. The highest BCUT2D eigenvalue weighted by molar-refractivity contribution is 5.69. The summed E-state index contributed by atoms with van der Waals surface area (Å²) in [5, 5.41) is 0. The highest BCUT2D eigenvalue weighted by atomic mass is 16.5. The Kier molecular flexibility index (Phi) is 4.51. The first-order valence-corrected chi connectivity index (χ1v) is 8.56. The zero-order valence-corrected chi connectivity index (χ0v) is 15.1. The predicted molar refractivity (Wildman–Crippen MR) is 106 cm³/mol. The maximum Gasteiger partial charge on any atom is 0.146 e. The number of benzene rings is 2. The first-order chi connectivity index (χ1) is 13.3. The van der Waals surface area contributed by atoms with Gasteiger partial charge in [-0.15, -0.1) is 0 Å². The molecule has 132 valence electrons. The summed E-state index contributed by atoms with van der Waals surface area (Å²) in [5.41, 5.74) is 3.65. The molecule has 2 heterocycles. The van der Waals surface area contributed by atoms with E-state index in [0.29, 0.717) is 0 Å². The van der Waals surface area contributed by atoms with Gasteiger partial charge in [0, 0.05) is 17.3 Å². The van der Waals surface area contributed by atoms with Gasteiger partial charge >= 0.3 is 0 Å². The van der Waals surface area contributed by atoms with Crippen LogP contribution in [0.2, 0.25) is 0 Å². The molecular weight excluding hydrogens is 336 g/mol. The Hall–Kier alpha value is -3.71. The van der Waals surface area contributed by atoms with Crippen LogP contribution < -0.4 is 9.47 Å². The minimum absolute atomic E-state index is 0.747. The van der Waals surface area contributed by atoms with Crippen molar-refractivity contribution in [1.29, 1.82) is 0 Å². The third kappa shape index (κ3) is 3.36. The van der Waals surface area contributed by atoms with E-state index in [1.165, 1.54) is 0 Å². The Bertz CT molecular complexity index is 1130. The number of hydrogen-bond donors (Lipinski definition) is 0. The summed E-state index contributed by atoms with van der Waals surface area (Å²) in [4.78, 5) is 4.79. The number of methoxy groups -OCH3 is 2. The van der Waals surface area contributed by atoms with E-state index >= 15 is 0 Å². The van der Waals surface area contributed by atoms with Crippen molar-refractivity contribution in [3.63, 3.8) is 0 Å². The van der Waals surface area contributed by atoms with Gasteiger partial charge in [0.05, 0.1) is 19.7 Å². The smallest absolute Gasteiger partial charge is 0.146 e. The number of nitrogens with zero attached hydrogens (tertiary/aromatic N) is 2. The first kappa shape index (κ1) is 16.7. The highest BCUT2D eigenvalue weighted by Gasteiger charge is 2.11. The van der Waals surface area contributed by atoms with E-state index in [1.54, 1.807) is 14.2 Å². The predicted octanol–water partition coefficient (Wildman–Crippen LogP) is 4.42. The van der Waals surface area contributed by atoms with Crippen molar-refractivity contribution in [2.24, 2.45) is 0 Å². The van der Waals surface area contributed by atoms with Crippen LogP contribution in [0.5, 0.6) is 11.5 Å². The lowest BCUT2D eigenvalue weighted by Gasteiger charge is -2.02. The van der Waals surface area contributed by atoms with Gasteiger partial charge in [-0.25, -0.2) is 4.98 Å². The fourth-order valence-corrected chi connectivity index (χ4v) is 2.88. The van der Waals surface area contributed by atoms with Crippen molar-refractivity contribution in [3.8, 4) is 34.7 Å². The van der Waals surface area contributed by atoms with Gasteiger partial charge in [-0.3, -0.25) is 4.40 Å². The van der Waals surface area contributed by atoms with E-state index in [9.17, 15) is 0 Å².